The number of nitrogens with two attached hydrogens (primary N) is 2. The van der Waals surface area contributed by atoms with E-state index < -0.39 is 11.8 Å². The maximum absolute atomic E-state index is 11.8. The Hall–Kier alpha value is -2.24. The fraction of sp³-hybridized carbons (Fsp3) is 0.273. The first-order valence-corrected chi connectivity index (χ1v) is 5.14. The Balaban J connectivity index is 2.94. The predicted molar refractivity (Wildman–Crippen MR) is 63.6 cm³/mol. The van der Waals surface area contributed by atoms with Crippen molar-refractivity contribution in [3.8, 4) is 5.75 Å². The van der Waals surface area contributed by atoms with Gasteiger partial charge in [-0.2, -0.15) is 0 Å². The third-order valence-electron chi connectivity index (χ3n) is 2.01. The molecule has 17 heavy (non-hydrogen) atoms. The molecule has 0 aromatic heterocycles. The van der Waals surface area contributed by atoms with Gasteiger partial charge in [0.25, 0.3) is 5.91 Å². The summed E-state index contributed by atoms with van der Waals surface area (Å²) in [5, 5.41) is 2.36. The Morgan fingerprint density at radius 3 is 2.71 bits per heavy atom. The third-order valence-corrected chi connectivity index (χ3v) is 2.01. The number of hydrogen-bond acceptors (Lipinski definition) is 4. The summed E-state index contributed by atoms with van der Waals surface area (Å²) in [5.74, 6) is -0.717. The molecule has 0 spiro atoms. The van der Waals surface area contributed by atoms with E-state index in [2.05, 4.69) is 5.32 Å². The number of nitrogen functional groups attached to an aromatic ring is 1. The molecule has 0 unspecified atom stereocenters. The fourth-order valence-electron chi connectivity index (χ4n) is 1.32. The van der Waals surface area contributed by atoms with E-state index in [-0.39, 0.29) is 17.8 Å². The molecule has 0 fully saturated rings. The molecule has 2 amide bonds. The summed E-state index contributed by atoms with van der Waals surface area (Å²) in [6.45, 7) is 1.98. The van der Waals surface area contributed by atoms with Gasteiger partial charge in [-0.3, -0.25) is 9.59 Å². The average molecular weight is 237 g/mol. The summed E-state index contributed by atoms with van der Waals surface area (Å²) in [4.78, 5) is 22.4. The molecule has 0 atom stereocenters. The van der Waals surface area contributed by atoms with Crippen LogP contribution in [0.3, 0.4) is 0 Å². The molecule has 0 saturated heterocycles. The minimum absolute atomic E-state index is 0.218. The van der Waals surface area contributed by atoms with Crippen molar-refractivity contribution in [2.75, 3.05) is 18.9 Å². The minimum Gasteiger partial charge on any atom is -0.493 e. The molecule has 0 aliphatic carbocycles. The van der Waals surface area contributed by atoms with E-state index in [1.807, 2.05) is 0 Å². The Labute approximate surface area is 98.9 Å². The Morgan fingerprint density at radius 2 is 2.12 bits per heavy atom. The first-order valence-electron chi connectivity index (χ1n) is 5.14. The molecule has 0 heterocycles. The Kier molecular flexibility index (Phi) is 4.33. The molecular weight excluding hydrogens is 222 g/mol. The summed E-state index contributed by atoms with van der Waals surface area (Å²) < 4.78 is 5.29. The number of amides is 2. The number of carbonyl (C=O) groups excluding carboxylic acids is 2. The highest BCUT2D eigenvalue weighted by Crippen LogP contribution is 2.24. The summed E-state index contributed by atoms with van der Waals surface area (Å²) in [6.07, 6.45) is 0. The normalized spacial score (nSPS) is 9.71. The minimum atomic E-state index is -0.620. The van der Waals surface area contributed by atoms with E-state index in [4.69, 9.17) is 16.2 Å². The molecule has 1 rings (SSSR count). The van der Waals surface area contributed by atoms with Gasteiger partial charge in [0.1, 0.15) is 11.3 Å². The van der Waals surface area contributed by atoms with Crippen LogP contribution in [0.1, 0.15) is 17.3 Å². The zero-order valence-electron chi connectivity index (χ0n) is 9.53. The second-order valence-corrected chi connectivity index (χ2v) is 3.30. The van der Waals surface area contributed by atoms with E-state index in [9.17, 15) is 9.59 Å². The first-order chi connectivity index (χ1) is 8.06. The van der Waals surface area contributed by atoms with Crippen LogP contribution in [0.5, 0.6) is 5.75 Å². The number of rotatable bonds is 5. The van der Waals surface area contributed by atoms with E-state index in [1.54, 1.807) is 25.1 Å². The SMILES string of the molecule is CCOc1cccc(N)c1C(=O)NCC(N)=O. The van der Waals surface area contributed by atoms with Crippen LogP contribution in [-0.2, 0) is 4.79 Å². The second-order valence-electron chi connectivity index (χ2n) is 3.30. The molecule has 5 N–H and O–H groups in total. The molecule has 0 radical (unpaired) electrons. The molecule has 0 aliphatic heterocycles. The van der Waals surface area contributed by atoms with Gasteiger partial charge in [-0.15, -0.1) is 0 Å². The van der Waals surface area contributed by atoms with Crippen molar-refractivity contribution < 1.29 is 14.3 Å². The van der Waals surface area contributed by atoms with Gasteiger partial charge >= 0.3 is 0 Å². The lowest BCUT2D eigenvalue weighted by Gasteiger charge is -2.11. The van der Waals surface area contributed by atoms with Crippen LogP contribution >= 0.6 is 0 Å². The zero-order chi connectivity index (χ0) is 12.8. The first kappa shape index (κ1) is 12.8. The number of benzene rings is 1. The highest BCUT2D eigenvalue weighted by molar-refractivity contribution is 6.03. The lowest BCUT2D eigenvalue weighted by Crippen LogP contribution is -2.33. The van der Waals surface area contributed by atoms with Crippen LogP contribution in [0.25, 0.3) is 0 Å². The van der Waals surface area contributed by atoms with Gasteiger partial charge in [-0.25, -0.2) is 0 Å². The van der Waals surface area contributed by atoms with Crippen LogP contribution in [0.2, 0.25) is 0 Å². The zero-order valence-corrected chi connectivity index (χ0v) is 9.53. The van der Waals surface area contributed by atoms with Crippen molar-refractivity contribution in [2.45, 2.75) is 6.92 Å². The summed E-state index contributed by atoms with van der Waals surface area (Å²) in [6, 6.07) is 4.91. The number of primary amides is 1. The van der Waals surface area contributed by atoms with Gasteiger partial charge in [0, 0.05) is 5.69 Å². The molecule has 92 valence electrons. The highest BCUT2D eigenvalue weighted by atomic mass is 16.5. The number of ether oxygens (including phenoxy) is 1. The summed E-state index contributed by atoms with van der Waals surface area (Å²) >= 11 is 0. The molecule has 0 bridgehead atoms. The molecular formula is C11H15N3O3. The van der Waals surface area contributed by atoms with Crippen molar-refractivity contribution in [3.05, 3.63) is 23.8 Å². The number of anilines is 1. The van der Waals surface area contributed by atoms with Gasteiger partial charge < -0.3 is 21.5 Å². The predicted octanol–water partition coefficient (Wildman–Crippen LogP) is -0.117. The van der Waals surface area contributed by atoms with Crippen molar-refractivity contribution in [1.29, 1.82) is 0 Å². The number of carbonyl (C=O) groups is 2. The summed E-state index contributed by atoms with van der Waals surface area (Å²) in [5.41, 5.74) is 11.1. The van der Waals surface area contributed by atoms with Gasteiger partial charge in [0.2, 0.25) is 5.91 Å². The maximum Gasteiger partial charge on any atom is 0.257 e. The maximum atomic E-state index is 11.8. The van der Waals surface area contributed by atoms with Crippen molar-refractivity contribution in [3.63, 3.8) is 0 Å². The van der Waals surface area contributed by atoms with Gasteiger partial charge in [-0.05, 0) is 19.1 Å². The fourth-order valence-corrected chi connectivity index (χ4v) is 1.32. The van der Waals surface area contributed by atoms with E-state index in [0.29, 0.717) is 12.4 Å². The third kappa shape index (κ3) is 3.37. The molecule has 1 aromatic rings. The highest BCUT2D eigenvalue weighted by Gasteiger charge is 2.16. The monoisotopic (exact) mass is 237 g/mol. The van der Waals surface area contributed by atoms with Crippen LogP contribution in [-0.4, -0.2) is 25.0 Å². The molecule has 6 heteroatoms. The standard InChI is InChI=1S/C11H15N3O3/c1-2-17-8-5-3-4-7(12)10(8)11(16)14-6-9(13)15/h3-5H,2,6,12H2,1H3,(H2,13,15)(H,14,16). The van der Waals surface area contributed by atoms with Crippen molar-refractivity contribution in [2.24, 2.45) is 5.73 Å². The van der Waals surface area contributed by atoms with Crippen LogP contribution in [0, 0.1) is 0 Å². The largest absolute Gasteiger partial charge is 0.493 e. The van der Waals surface area contributed by atoms with Crippen LogP contribution in [0.15, 0.2) is 18.2 Å². The molecule has 0 aliphatic rings. The van der Waals surface area contributed by atoms with E-state index in [1.165, 1.54) is 0 Å². The lowest BCUT2D eigenvalue weighted by atomic mass is 10.1. The van der Waals surface area contributed by atoms with Crippen molar-refractivity contribution >= 4 is 17.5 Å². The molecule has 6 nitrogen and oxygen atoms in total. The molecule has 0 saturated carbocycles. The Bertz CT molecular complexity index is 432. The average Bonchev–Trinajstić information content (AvgIpc) is 2.26. The van der Waals surface area contributed by atoms with E-state index >= 15 is 0 Å². The lowest BCUT2D eigenvalue weighted by molar-refractivity contribution is -0.117. The van der Waals surface area contributed by atoms with Gasteiger partial charge in [0.05, 0.1) is 13.2 Å². The van der Waals surface area contributed by atoms with E-state index in [0.717, 1.165) is 0 Å². The Morgan fingerprint density at radius 1 is 1.41 bits per heavy atom. The number of hydrogen-bond donors (Lipinski definition) is 3. The molecule has 1 aromatic carbocycles. The van der Waals surface area contributed by atoms with Crippen molar-refractivity contribution in [1.82, 2.24) is 5.32 Å². The number of nitrogens with one attached hydrogen (secondary N) is 1. The smallest absolute Gasteiger partial charge is 0.257 e. The topological polar surface area (TPSA) is 107 Å². The van der Waals surface area contributed by atoms with Crippen LogP contribution in [0.4, 0.5) is 5.69 Å². The summed E-state index contributed by atoms with van der Waals surface area (Å²) in [7, 11) is 0. The van der Waals surface area contributed by atoms with Gasteiger partial charge in [0.15, 0.2) is 0 Å². The quantitative estimate of drug-likeness (QED) is 0.620. The van der Waals surface area contributed by atoms with Crippen LogP contribution < -0.4 is 21.5 Å². The van der Waals surface area contributed by atoms with Gasteiger partial charge in [-0.1, -0.05) is 6.07 Å². The second kappa shape index (κ2) is 5.74.